The maximum Gasteiger partial charge on any atom is 0.241 e. The molecule has 2 rings (SSSR count). The quantitative estimate of drug-likeness (QED) is 0.746. The number of carbonyl (C=O) groups excluding carboxylic acids is 1. The third kappa shape index (κ3) is 5.97. The molecular formula is C20H26N2O3S. The highest BCUT2D eigenvalue weighted by atomic mass is 32.2. The van der Waals surface area contributed by atoms with Gasteiger partial charge in [-0.05, 0) is 51.3 Å². The molecule has 0 aliphatic heterocycles. The fraction of sp³-hybridized carbons (Fsp3) is 0.350. The van der Waals surface area contributed by atoms with Gasteiger partial charge in [-0.2, -0.15) is 4.72 Å². The molecule has 0 unspecified atom stereocenters. The van der Waals surface area contributed by atoms with E-state index >= 15 is 0 Å². The number of aryl methyl sites for hydroxylation is 2. The van der Waals surface area contributed by atoms with Crippen molar-refractivity contribution in [3.05, 3.63) is 65.7 Å². The summed E-state index contributed by atoms with van der Waals surface area (Å²) in [6.45, 7) is 5.35. The van der Waals surface area contributed by atoms with Gasteiger partial charge in [-0.1, -0.05) is 48.0 Å². The molecule has 0 heterocycles. The Morgan fingerprint density at radius 3 is 2.23 bits per heavy atom. The van der Waals surface area contributed by atoms with E-state index in [-0.39, 0.29) is 16.8 Å². The second kappa shape index (κ2) is 8.96. The van der Waals surface area contributed by atoms with E-state index < -0.39 is 16.1 Å². The molecule has 2 aromatic carbocycles. The van der Waals surface area contributed by atoms with Gasteiger partial charge in [0, 0.05) is 6.04 Å². The third-order valence-corrected chi connectivity index (χ3v) is 5.71. The van der Waals surface area contributed by atoms with Gasteiger partial charge in [-0.3, -0.25) is 4.79 Å². The summed E-state index contributed by atoms with van der Waals surface area (Å²) in [5.41, 5.74) is 2.18. The molecule has 0 spiro atoms. The van der Waals surface area contributed by atoms with Gasteiger partial charge in [0.25, 0.3) is 0 Å². The summed E-state index contributed by atoms with van der Waals surface area (Å²) in [6, 6.07) is 15.7. The summed E-state index contributed by atoms with van der Waals surface area (Å²) < 4.78 is 27.2. The van der Waals surface area contributed by atoms with Crippen molar-refractivity contribution in [2.45, 2.75) is 50.6 Å². The van der Waals surface area contributed by atoms with Gasteiger partial charge >= 0.3 is 0 Å². The van der Waals surface area contributed by atoms with E-state index in [1.807, 2.05) is 44.2 Å². The molecule has 2 aromatic rings. The highest BCUT2D eigenvalue weighted by Crippen LogP contribution is 2.11. The van der Waals surface area contributed by atoms with Gasteiger partial charge in [0.1, 0.15) is 0 Å². The fourth-order valence-electron chi connectivity index (χ4n) is 2.54. The lowest BCUT2D eigenvalue weighted by molar-refractivity contribution is -0.123. The first kappa shape index (κ1) is 20.1. The first-order chi connectivity index (χ1) is 12.3. The monoisotopic (exact) mass is 374 g/mol. The van der Waals surface area contributed by atoms with Gasteiger partial charge in [-0.15, -0.1) is 0 Å². The zero-order chi connectivity index (χ0) is 19.2. The Labute approximate surface area is 155 Å². The van der Waals surface area contributed by atoms with Gasteiger partial charge in [-0.25, -0.2) is 8.42 Å². The van der Waals surface area contributed by atoms with Crippen molar-refractivity contribution in [1.29, 1.82) is 0 Å². The van der Waals surface area contributed by atoms with E-state index in [0.717, 1.165) is 18.4 Å². The Morgan fingerprint density at radius 2 is 1.62 bits per heavy atom. The minimum atomic E-state index is -3.72. The van der Waals surface area contributed by atoms with E-state index in [9.17, 15) is 13.2 Å². The van der Waals surface area contributed by atoms with E-state index in [0.29, 0.717) is 0 Å². The first-order valence-electron chi connectivity index (χ1n) is 8.71. The lowest BCUT2D eigenvalue weighted by atomic mass is 10.1. The van der Waals surface area contributed by atoms with Crippen LogP contribution in [0, 0.1) is 6.92 Å². The number of benzene rings is 2. The minimum absolute atomic E-state index is 0.0472. The van der Waals surface area contributed by atoms with Crippen LogP contribution < -0.4 is 10.0 Å². The summed E-state index contributed by atoms with van der Waals surface area (Å²) in [4.78, 5) is 12.4. The highest BCUT2D eigenvalue weighted by molar-refractivity contribution is 7.89. The van der Waals surface area contributed by atoms with E-state index in [4.69, 9.17) is 0 Å². The number of rotatable bonds is 8. The SMILES string of the molecule is Cc1ccc(S(=O)(=O)N[C@H](C)C(=O)N[C@@H](C)CCc2ccccc2)cc1. The molecule has 2 N–H and O–H groups in total. The lowest BCUT2D eigenvalue weighted by Crippen LogP contribution is -2.47. The van der Waals surface area contributed by atoms with Crippen LogP contribution in [0.3, 0.4) is 0 Å². The summed E-state index contributed by atoms with van der Waals surface area (Å²) in [7, 11) is -3.72. The Morgan fingerprint density at radius 1 is 1.00 bits per heavy atom. The summed E-state index contributed by atoms with van der Waals surface area (Å²) in [6.07, 6.45) is 1.64. The maximum atomic E-state index is 12.4. The Hall–Kier alpha value is -2.18. The number of carbonyl (C=O) groups is 1. The predicted octanol–water partition coefficient (Wildman–Crippen LogP) is 2.80. The van der Waals surface area contributed by atoms with Crippen molar-refractivity contribution in [2.24, 2.45) is 0 Å². The van der Waals surface area contributed by atoms with Gasteiger partial charge in [0.15, 0.2) is 0 Å². The van der Waals surface area contributed by atoms with E-state index in [2.05, 4.69) is 10.0 Å². The highest BCUT2D eigenvalue weighted by Gasteiger charge is 2.22. The normalized spacial score (nSPS) is 13.8. The minimum Gasteiger partial charge on any atom is -0.352 e. The van der Waals surface area contributed by atoms with Crippen LogP contribution in [0.5, 0.6) is 0 Å². The van der Waals surface area contributed by atoms with Crippen molar-refractivity contribution in [3.8, 4) is 0 Å². The van der Waals surface area contributed by atoms with E-state index in [1.54, 1.807) is 19.1 Å². The molecule has 0 aliphatic carbocycles. The van der Waals surface area contributed by atoms with Crippen LogP contribution in [0.1, 0.15) is 31.4 Å². The standard InChI is InChI=1S/C20H26N2O3S/c1-15-9-13-19(14-10-15)26(24,25)22-17(3)20(23)21-16(2)11-12-18-7-5-4-6-8-18/h4-10,13-14,16-17,22H,11-12H2,1-3H3,(H,21,23)/t16-,17+/m0/s1. The number of amides is 1. The molecule has 0 radical (unpaired) electrons. The van der Waals surface area contributed by atoms with Crippen molar-refractivity contribution in [3.63, 3.8) is 0 Å². The molecule has 0 bridgehead atoms. The molecule has 0 saturated heterocycles. The Bertz CT molecular complexity index is 818. The van der Waals surface area contributed by atoms with Crippen LogP contribution in [0.2, 0.25) is 0 Å². The zero-order valence-electron chi connectivity index (χ0n) is 15.4. The number of sulfonamides is 1. The molecule has 0 aliphatic rings. The second-order valence-electron chi connectivity index (χ2n) is 6.59. The molecule has 0 aromatic heterocycles. The topological polar surface area (TPSA) is 75.3 Å². The molecular weight excluding hydrogens is 348 g/mol. The fourth-order valence-corrected chi connectivity index (χ4v) is 3.74. The van der Waals surface area contributed by atoms with E-state index in [1.165, 1.54) is 17.7 Å². The predicted molar refractivity (Wildman–Crippen MR) is 103 cm³/mol. The van der Waals surface area contributed by atoms with Crippen molar-refractivity contribution in [2.75, 3.05) is 0 Å². The Balaban J connectivity index is 1.87. The van der Waals surface area contributed by atoms with Crippen molar-refractivity contribution < 1.29 is 13.2 Å². The van der Waals surface area contributed by atoms with Crippen LogP contribution in [0.4, 0.5) is 0 Å². The van der Waals surface area contributed by atoms with Crippen LogP contribution in [0.15, 0.2) is 59.5 Å². The number of hydrogen-bond acceptors (Lipinski definition) is 3. The summed E-state index contributed by atoms with van der Waals surface area (Å²) >= 11 is 0. The molecule has 5 nitrogen and oxygen atoms in total. The van der Waals surface area contributed by atoms with Crippen LogP contribution in [-0.4, -0.2) is 26.4 Å². The van der Waals surface area contributed by atoms with Gasteiger partial charge in [0.05, 0.1) is 10.9 Å². The molecule has 0 saturated carbocycles. The van der Waals surface area contributed by atoms with Gasteiger partial charge < -0.3 is 5.32 Å². The first-order valence-corrected chi connectivity index (χ1v) is 10.2. The molecule has 2 atom stereocenters. The summed E-state index contributed by atoms with van der Waals surface area (Å²) in [5.74, 6) is -0.332. The van der Waals surface area contributed by atoms with Gasteiger partial charge in [0.2, 0.25) is 15.9 Å². The average molecular weight is 375 g/mol. The largest absolute Gasteiger partial charge is 0.352 e. The molecule has 26 heavy (non-hydrogen) atoms. The van der Waals surface area contributed by atoms with Crippen LogP contribution >= 0.6 is 0 Å². The maximum absolute atomic E-state index is 12.4. The second-order valence-corrected chi connectivity index (χ2v) is 8.30. The Kier molecular flexibility index (Phi) is 6.94. The third-order valence-electron chi connectivity index (χ3n) is 4.15. The zero-order valence-corrected chi connectivity index (χ0v) is 16.2. The molecule has 1 amide bonds. The average Bonchev–Trinajstić information content (AvgIpc) is 2.61. The van der Waals surface area contributed by atoms with Crippen LogP contribution in [0.25, 0.3) is 0 Å². The number of hydrogen-bond donors (Lipinski definition) is 2. The molecule has 140 valence electrons. The number of nitrogens with one attached hydrogen (secondary N) is 2. The molecule has 0 fully saturated rings. The molecule has 6 heteroatoms. The lowest BCUT2D eigenvalue weighted by Gasteiger charge is -2.18. The van der Waals surface area contributed by atoms with Crippen molar-refractivity contribution in [1.82, 2.24) is 10.0 Å². The van der Waals surface area contributed by atoms with Crippen LogP contribution in [-0.2, 0) is 21.2 Å². The summed E-state index contributed by atoms with van der Waals surface area (Å²) in [5, 5.41) is 2.87. The van der Waals surface area contributed by atoms with Crippen molar-refractivity contribution >= 4 is 15.9 Å². The smallest absolute Gasteiger partial charge is 0.241 e.